The summed E-state index contributed by atoms with van der Waals surface area (Å²) in [5.41, 5.74) is 0. The average molecular weight is 282 g/mol. The lowest BCUT2D eigenvalue weighted by Crippen LogP contribution is -2.58. The van der Waals surface area contributed by atoms with E-state index in [4.69, 9.17) is 0 Å². The summed E-state index contributed by atoms with van der Waals surface area (Å²) in [6, 6.07) is -0.0662. The molecule has 0 aromatic heterocycles. The van der Waals surface area contributed by atoms with E-state index in [1.165, 1.54) is 0 Å². The van der Waals surface area contributed by atoms with E-state index in [2.05, 4.69) is 17.6 Å². The second-order valence-corrected chi connectivity index (χ2v) is 5.70. The van der Waals surface area contributed by atoms with Crippen molar-refractivity contribution in [1.29, 1.82) is 0 Å². The van der Waals surface area contributed by atoms with Crippen LogP contribution in [0.2, 0.25) is 0 Å². The maximum Gasteiger partial charge on any atom is 0.317 e. The fourth-order valence-electron chi connectivity index (χ4n) is 2.97. The Balaban J connectivity index is 1.83. The third-order valence-corrected chi connectivity index (χ3v) is 4.24. The third kappa shape index (κ3) is 3.42. The van der Waals surface area contributed by atoms with Gasteiger partial charge in [0.05, 0.1) is 6.04 Å². The number of carbonyl (C=O) groups excluding carboxylic acids is 2. The molecule has 20 heavy (non-hydrogen) atoms. The molecule has 2 N–H and O–H groups in total. The van der Waals surface area contributed by atoms with Gasteiger partial charge in [0.2, 0.25) is 5.91 Å². The van der Waals surface area contributed by atoms with Crippen LogP contribution in [0, 0.1) is 5.92 Å². The number of piperazine rings is 1. The zero-order valence-electron chi connectivity index (χ0n) is 12.5. The third-order valence-electron chi connectivity index (χ3n) is 4.24. The monoisotopic (exact) mass is 282 g/mol. The number of carbonyl (C=O) groups is 2. The lowest BCUT2D eigenvalue weighted by molar-refractivity contribution is -0.136. The molecular formula is C14H26N4O2. The van der Waals surface area contributed by atoms with Crippen molar-refractivity contribution < 1.29 is 9.59 Å². The standard InChI is InChI=1S/C14H26N4O2/c1-3-15-14(20)18-9-7-17(8-10-18)13(19)12-11(2)5-4-6-16-12/h11-12,16H,3-10H2,1-2H3,(H,15,20). The Kier molecular flexibility index (Phi) is 5.23. The van der Waals surface area contributed by atoms with Gasteiger partial charge in [-0.1, -0.05) is 6.92 Å². The molecule has 0 spiro atoms. The first-order valence-corrected chi connectivity index (χ1v) is 7.68. The van der Waals surface area contributed by atoms with E-state index in [0.717, 1.165) is 19.4 Å². The maximum atomic E-state index is 12.5. The molecule has 0 aromatic rings. The molecule has 6 nitrogen and oxygen atoms in total. The molecule has 3 amide bonds. The molecule has 0 saturated carbocycles. The molecule has 114 valence electrons. The summed E-state index contributed by atoms with van der Waals surface area (Å²) in [6.07, 6.45) is 2.26. The Morgan fingerprint density at radius 1 is 1.20 bits per heavy atom. The smallest absolute Gasteiger partial charge is 0.317 e. The quantitative estimate of drug-likeness (QED) is 0.763. The predicted octanol–water partition coefficient (Wildman–Crippen LogP) is 0.248. The molecule has 2 rings (SSSR count). The Morgan fingerprint density at radius 3 is 2.45 bits per heavy atom. The van der Waals surface area contributed by atoms with Crippen LogP contribution < -0.4 is 10.6 Å². The minimum atomic E-state index is -0.0419. The summed E-state index contributed by atoms with van der Waals surface area (Å²) in [4.78, 5) is 27.9. The van der Waals surface area contributed by atoms with Crippen molar-refractivity contribution in [2.45, 2.75) is 32.7 Å². The number of hydrogen-bond donors (Lipinski definition) is 2. The lowest BCUT2D eigenvalue weighted by atomic mass is 9.91. The van der Waals surface area contributed by atoms with Gasteiger partial charge in [0, 0.05) is 32.7 Å². The van der Waals surface area contributed by atoms with Gasteiger partial charge in [-0.05, 0) is 32.2 Å². The Labute approximate surface area is 120 Å². The van der Waals surface area contributed by atoms with Gasteiger partial charge in [-0.25, -0.2) is 4.79 Å². The molecular weight excluding hydrogens is 256 g/mol. The van der Waals surface area contributed by atoms with Crippen LogP contribution in [-0.4, -0.2) is 67.0 Å². The molecule has 2 saturated heterocycles. The van der Waals surface area contributed by atoms with Crippen LogP contribution in [0.5, 0.6) is 0 Å². The van der Waals surface area contributed by atoms with E-state index in [-0.39, 0.29) is 18.0 Å². The van der Waals surface area contributed by atoms with Gasteiger partial charge >= 0.3 is 6.03 Å². The molecule has 0 radical (unpaired) electrons. The largest absolute Gasteiger partial charge is 0.338 e. The lowest BCUT2D eigenvalue weighted by Gasteiger charge is -2.38. The molecule has 2 aliphatic rings. The number of nitrogens with one attached hydrogen (secondary N) is 2. The minimum Gasteiger partial charge on any atom is -0.338 e. The summed E-state index contributed by atoms with van der Waals surface area (Å²) in [5.74, 6) is 0.602. The van der Waals surface area contributed by atoms with Crippen LogP contribution in [0.25, 0.3) is 0 Å². The highest BCUT2D eigenvalue weighted by Gasteiger charge is 2.32. The SMILES string of the molecule is CCNC(=O)N1CCN(C(=O)C2NCCCC2C)CC1. The van der Waals surface area contributed by atoms with Gasteiger partial charge in [-0.2, -0.15) is 0 Å². The Bertz CT molecular complexity index is 353. The second kappa shape index (κ2) is 6.92. The highest BCUT2D eigenvalue weighted by Crippen LogP contribution is 2.18. The van der Waals surface area contributed by atoms with Gasteiger partial charge in [0.1, 0.15) is 0 Å². The van der Waals surface area contributed by atoms with E-state index < -0.39 is 0 Å². The first-order chi connectivity index (χ1) is 9.63. The molecule has 0 aliphatic carbocycles. The number of hydrogen-bond acceptors (Lipinski definition) is 3. The summed E-state index contributed by atoms with van der Waals surface area (Å²) in [5, 5.41) is 6.14. The fourth-order valence-corrected chi connectivity index (χ4v) is 2.97. The zero-order valence-corrected chi connectivity index (χ0v) is 12.5. The van der Waals surface area contributed by atoms with E-state index in [9.17, 15) is 9.59 Å². The first kappa shape index (κ1) is 15.1. The van der Waals surface area contributed by atoms with Crippen molar-refractivity contribution in [1.82, 2.24) is 20.4 Å². The number of rotatable bonds is 2. The summed E-state index contributed by atoms with van der Waals surface area (Å²) in [6.45, 7) is 8.15. The van der Waals surface area contributed by atoms with Gasteiger partial charge in [-0.15, -0.1) is 0 Å². The van der Waals surface area contributed by atoms with Crippen molar-refractivity contribution in [2.24, 2.45) is 5.92 Å². The summed E-state index contributed by atoms with van der Waals surface area (Å²) in [7, 11) is 0. The molecule has 2 aliphatic heterocycles. The Hall–Kier alpha value is -1.30. The average Bonchev–Trinajstić information content (AvgIpc) is 2.47. The molecule has 2 fully saturated rings. The van der Waals surface area contributed by atoms with Crippen LogP contribution in [0.1, 0.15) is 26.7 Å². The highest BCUT2D eigenvalue weighted by molar-refractivity contribution is 5.83. The Morgan fingerprint density at radius 2 is 1.85 bits per heavy atom. The number of piperidine rings is 1. The van der Waals surface area contributed by atoms with Crippen LogP contribution in [-0.2, 0) is 4.79 Å². The molecule has 6 heteroatoms. The van der Waals surface area contributed by atoms with Crippen LogP contribution in [0.3, 0.4) is 0 Å². The van der Waals surface area contributed by atoms with Crippen molar-refractivity contribution in [3.63, 3.8) is 0 Å². The maximum absolute atomic E-state index is 12.5. The normalized spacial score (nSPS) is 27.3. The highest BCUT2D eigenvalue weighted by atomic mass is 16.2. The van der Waals surface area contributed by atoms with E-state index >= 15 is 0 Å². The second-order valence-electron chi connectivity index (χ2n) is 5.70. The van der Waals surface area contributed by atoms with Crippen molar-refractivity contribution >= 4 is 11.9 Å². The molecule has 2 atom stereocenters. The number of urea groups is 1. The van der Waals surface area contributed by atoms with E-state index in [1.54, 1.807) is 4.90 Å². The fraction of sp³-hybridized carbons (Fsp3) is 0.857. The molecule has 2 unspecified atom stereocenters. The van der Waals surface area contributed by atoms with Crippen molar-refractivity contribution in [3.05, 3.63) is 0 Å². The molecule has 0 aromatic carbocycles. The van der Waals surface area contributed by atoms with Gasteiger partial charge in [0.15, 0.2) is 0 Å². The summed E-state index contributed by atoms with van der Waals surface area (Å²) >= 11 is 0. The van der Waals surface area contributed by atoms with Gasteiger partial charge in [-0.3, -0.25) is 4.79 Å². The predicted molar refractivity (Wildman–Crippen MR) is 77.4 cm³/mol. The van der Waals surface area contributed by atoms with E-state index in [0.29, 0.717) is 38.6 Å². The molecule has 2 heterocycles. The van der Waals surface area contributed by atoms with E-state index in [1.807, 2.05) is 11.8 Å². The number of nitrogens with zero attached hydrogens (tertiary/aromatic N) is 2. The van der Waals surface area contributed by atoms with Gasteiger partial charge < -0.3 is 20.4 Å². The van der Waals surface area contributed by atoms with Crippen LogP contribution >= 0.6 is 0 Å². The zero-order chi connectivity index (χ0) is 14.5. The van der Waals surface area contributed by atoms with Gasteiger partial charge in [0.25, 0.3) is 0 Å². The van der Waals surface area contributed by atoms with Crippen LogP contribution in [0.4, 0.5) is 4.79 Å². The summed E-state index contributed by atoms with van der Waals surface area (Å²) < 4.78 is 0. The van der Waals surface area contributed by atoms with Crippen LogP contribution in [0.15, 0.2) is 0 Å². The van der Waals surface area contributed by atoms with Crippen molar-refractivity contribution in [2.75, 3.05) is 39.3 Å². The topological polar surface area (TPSA) is 64.7 Å². The minimum absolute atomic E-state index is 0.0243. The first-order valence-electron chi connectivity index (χ1n) is 7.68. The van der Waals surface area contributed by atoms with Crippen molar-refractivity contribution in [3.8, 4) is 0 Å². The molecule has 0 bridgehead atoms. The number of amides is 3.